The Morgan fingerprint density at radius 1 is 1.33 bits per heavy atom. The van der Waals surface area contributed by atoms with Crippen molar-refractivity contribution in [3.8, 4) is 0 Å². The van der Waals surface area contributed by atoms with Gasteiger partial charge in [0.1, 0.15) is 5.82 Å². The van der Waals surface area contributed by atoms with Gasteiger partial charge in [0.25, 0.3) is 0 Å². The van der Waals surface area contributed by atoms with Gasteiger partial charge >= 0.3 is 0 Å². The Kier molecular flexibility index (Phi) is 2.83. The molecule has 0 aromatic heterocycles. The maximum atomic E-state index is 14.2. The molecule has 0 radical (unpaired) electrons. The van der Waals surface area contributed by atoms with Crippen LogP contribution in [-0.2, 0) is 16.4 Å². The van der Waals surface area contributed by atoms with E-state index in [9.17, 15) is 13.7 Å². The van der Waals surface area contributed by atoms with E-state index < -0.39 is 16.4 Å². The molecule has 2 aliphatic rings. The highest BCUT2D eigenvalue weighted by molar-refractivity contribution is 7.86. The smallest absolute Gasteiger partial charge is 0.132 e. The molecule has 0 spiro atoms. The van der Waals surface area contributed by atoms with Gasteiger partial charge in [-0.1, -0.05) is 18.2 Å². The lowest BCUT2D eigenvalue weighted by molar-refractivity contribution is 0.0150. The maximum Gasteiger partial charge on any atom is 0.132 e. The number of rotatable bonds is 1. The monoisotopic (exact) mass is 268 g/mol. The minimum absolute atomic E-state index is 0.0358. The van der Waals surface area contributed by atoms with Gasteiger partial charge in [-0.05, 0) is 38.2 Å². The van der Waals surface area contributed by atoms with Crippen molar-refractivity contribution in [1.82, 2.24) is 0 Å². The average molecular weight is 268 g/mol. The van der Waals surface area contributed by atoms with Gasteiger partial charge in [-0.3, -0.25) is 4.21 Å². The zero-order valence-electron chi connectivity index (χ0n) is 10.4. The number of hydrogen-bond acceptors (Lipinski definition) is 2. The van der Waals surface area contributed by atoms with Crippen LogP contribution in [0.25, 0.3) is 0 Å². The summed E-state index contributed by atoms with van der Waals surface area (Å²) < 4.78 is 26.1. The summed E-state index contributed by atoms with van der Waals surface area (Å²) in [6, 6.07) is 5.15. The number of halogens is 1. The van der Waals surface area contributed by atoms with Gasteiger partial charge in [0, 0.05) is 26.9 Å². The summed E-state index contributed by atoms with van der Waals surface area (Å²) in [5.74, 6) is -0.313. The number of aryl methyl sites for hydroxylation is 1. The van der Waals surface area contributed by atoms with Crippen molar-refractivity contribution in [3.63, 3.8) is 0 Å². The van der Waals surface area contributed by atoms with Crippen LogP contribution >= 0.6 is 0 Å². The van der Waals surface area contributed by atoms with Crippen molar-refractivity contribution in [2.45, 2.75) is 48.7 Å². The van der Waals surface area contributed by atoms with E-state index in [0.717, 1.165) is 12.8 Å². The molecule has 2 unspecified atom stereocenters. The van der Waals surface area contributed by atoms with Crippen LogP contribution in [0.5, 0.6) is 0 Å². The highest BCUT2D eigenvalue weighted by atomic mass is 32.2. The fourth-order valence-electron chi connectivity index (χ4n) is 3.31. The standard InChI is InChI=1S/C14H17FO2S/c1-9-3-2-4-12(13(9)15)14(16)7-10-5-6-11(8-14)18(10)17/h2-4,10-11,16H,5-8H2,1H3. The summed E-state index contributed by atoms with van der Waals surface area (Å²) in [5, 5.41) is 10.8. The number of aliphatic hydroxyl groups is 1. The molecule has 4 heteroatoms. The predicted octanol–water partition coefficient (Wildman–Crippen LogP) is 2.40. The molecule has 98 valence electrons. The summed E-state index contributed by atoms with van der Waals surface area (Å²) in [5.41, 5.74) is -0.188. The summed E-state index contributed by atoms with van der Waals surface area (Å²) in [6.07, 6.45) is 2.65. The molecule has 0 saturated carbocycles. The van der Waals surface area contributed by atoms with E-state index in [2.05, 4.69) is 0 Å². The fourth-order valence-corrected chi connectivity index (χ4v) is 5.47. The van der Waals surface area contributed by atoms with E-state index >= 15 is 0 Å². The Balaban J connectivity index is 2.01. The van der Waals surface area contributed by atoms with Crippen LogP contribution in [0.15, 0.2) is 18.2 Å². The molecule has 2 aliphatic heterocycles. The Morgan fingerprint density at radius 3 is 2.56 bits per heavy atom. The van der Waals surface area contributed by atoms with E-state index in [-0.39, 0.29) is 16.3 Å². The molecule has 0 amide bonds. The quantitative estimate of drug-likeness (QED) is 0.849. The number of fused-ring (bicyclic) bond motifs is 2. The van der Waals surface area contributed by atoms with E-state index in [1.165, 1.54) is 0 Å². The Hall–Kier alpha value is -0.740. The van der Waals surface area contributed by atoms with Gasteiger partial charge in [0.05, 0.1) is 5.60 Å². The minimum atomic E-state index is -1.13. The second kappa shape index (κ2) is 4.14. The lowest BCUT2D eigenvalue weighted by Gasteiger charge is -2.36. The van der Waals surface area contributed by atoms with Gasteiger partial charge in [0.15, 0.2) is 0 Å². The number of benzene rings is 1. The maximum absolute atomic E-state index is 14.2. The summed E-state index contributed by atoms with van der Waals surface area (Å²) in [4.78, 5) is 0. The lowest BCUT2D eigenvalue weighted by atomic mass is 9.85. The molecular formula is C14H17FO2S. The van der Waals surface area contributed by atoms with Crippen LogP contribution in [0.4, 0.5) is 4.39 Å². The second-order valence-corrected chi connectivity index (χ2v) is 7.52. The van der Waals surface area contributed by atoms with Gasteiger partial charge < -0.3 is 5.11 Å². The van der Waals surface area contributed by atoms with E-state index in [4.69, 9.17) is 0 Å². The Labute approximate surface area is 109 Å². The normalized spacial score (nSPS) is 38.9. The van der Waals surface area contributed by atoms with Crippen LogP contribution < -0.4 is 0 Å². The van der Waals surface area contributed by atoms with Crippen LogP contribution in [0, 0.1) is 12.7 Å². The van der Waals surface area contributed by atoms with Gasteiger partial charge in [0.2, 0.25) is 0 Å². The lowest BCUT2D eigenvalue weighted by Crippen LogP contribution is -2.40. The van der Waals surface area contributed by atoms with Gasteiger partial charge in [-0.2, -0.15) is 0 Å². The van der Waals surface area contributed by atoms with Gasteiger partial charge in [-0.15, -0.1) is 0 Å². The molecule has 0 aliphatic carbocycles. The highest BCUT2D eigenvalue weighted by Crippen LogP contribution is 2.46. The first-order valence-corrected chi connectivity index (χ1v) is 7.66. The second-order valence-electron chi connectivity index (χ2n) is 5.53. The zero-order valence-corrected chi connectivity index (χ0v) is 11.2. The largest absolute Gasteiger partial charge is 0.385 e. The molecule has 1 N–H and O–H groups in total. The average Bonchev–Trinajstić information content (AvgIpc) is 2.57. The van der Waals surface area contributed by atoms with E-state index in [0.29, 0.717) is 24.0 Å². The molecule has 2 atom stereocenters. The first-order chi connectivity index (χ1) is 8.51. The molecule has 2 saturated heterocycles. The molecule has 2 nitrogen and oxygen atoms in total. The van der Waals surface area contributed by atoms with Crippen molar-refractivity contribution in [2.75, 3.05) is 0 Å². The third kappa shape index (κ3) is 1.74. The SMILES string of the molecule is Cc1cccc(C2(O)CC3CCC(C2)S3=O)c1F. The molecular weight excluding hydrogens is 251 g/mol. The van der Waals surface area contributed by atoms with Crippen LogP contribution in [-0.4, -0.2) is 19.8 Å². The highest BCUT2D eigenvalue weighted by Gasteiger charge is 2.49. The Bertz CT molecular complexity index is 499. The molecule has 1 aromatic rings. The first kappa shape index (κ1) is 12.3. The van der Waals surface area contributed by atoms with Crippen molar-refractivity contribution in [1.29, 1.82) is 0 Å². The van der Waals surface area contributed by atoms with Crippen LogP contribution in [0.2, 0.25) is 0 Å². The molecule has 2 bridgehead atoms. The topological polar surface area (TPSA) is 37.3 Å². The van der Waals surface area contributed by atoms with Crippen LogP contribution in [0.3, 0.4) is 0 Å². The predicted molar refractivity (Wildman–Crippen MR) is 69.2 cm³/mol. The zero-order chi connectivity index (χ0) is 12.9. The molecule has 18 heavy (non-hydrogen) atoms. The fraction of sp³-hybridized carbons (Fsp3) is 0.571. The molecule has 3 rings (SSSR count). The van der Waals surface area contributed by atoms with Crippen molar-refractivity contribution in [3.05, 3.63) is 35.1 Å². The first-order valence-electron chi connectivity index (χ1n) is 6.38. The third-order valence-electron chi connectivity index (χ3n) is 4.29. The molecule has 1 aromatic carbocycles. The van der Waals surface area contributed by atoms with Crippen molar-refractivity contribution >= 4 is 10.8 Å². The van der Waals surface area contributed by atoms with Crippen molar-refractivity contribution in [2.24, 2.45) is 0 Å². The number of hydrogen-bond donors (Lipinski definition) is 1. The summed E-state index contributed by atoms with van der Waals surface area (Å²) >= 11 is 0. The minimum Gasteiger partial charge on any atom is -0.385 e. The van der Waals surface area contributed by atoms with Gasteiger partial charge in [-0.25, -0.2) is 4.39 Å². The molecule has 2 heterocycles. The van der Waals surface area contributed by atoms with Crippen molar-refractivity contribution < 1.29 is 13.7 Å². The Morgan fingerprint density at radius 2 is 1.94 bits per heavy atom. The molecule has 2 fully saturated rings. The van der Waals surface area contributed by atoms with E-state index in [1.54, 1.807) is 25.1 Å². The summed E-state index contributed by atoms with van der Waals surface area (Å²) in [6.45, 7) is 1.71. The summed E-state index contributed by atoms with van der Waals surface area (Å²) in [7, 11) is -0.833. The third-order valence-corrected chi connectivity index (χ3v) is 6.41. The van der Waals surface area contributed by atoms with Crippen LogP contribution in [0.1, 0.15) is 36.8 Å². The van der Waals surface area contributed by atoms with E-state index in [1.807, 2.05) is 0 Å².